The lowest BCUT2D eigenvalue weighted by Crippen LogP contribution is -2.37. The minimum Gasteiger partial charge on any atom is -0.358 e. The van der Waals surface area contributed by atoms with Crippen LogP contribution in [-0.2, 0) is 9.53 Å². The first kappa shape index (κ1) is 6.55. The second-order valence-electron chi connectivity index (χ2n) is 2.15. The van der Waals surface area contributed by atoms with Crippen LogP contribution >= 0.6 is 0 Å². The van der Waals surface area contributed by atoms with Crippen LogP contribution in [0.15, 0.2) is 0 Å². The van der Waals surface area contributed by atoms with Crippen molar-refractivity contribution in [2.45, 2.75) is 25.9 Å². The van der Waals surface area contributed by atoms with Crippen molar-refractivity contribution < 1.29 is 9.53 Å². The number of carbonyl (C=O) groups is 1. The van der Waals surface area contributed by atoms with Gasteiger partial charge in [0.15, 0.2) is 0 Å². The van der Waals surface area contributed by atoms with E-state index in [-0.39, 0.29) is 12.0 Å². The highest BCUT2D eigenvalue weighted by Gasteiger charge is 2.16. The van der Waals surface area contributed by atoms with Crippen LogP contribution in [0, 0.1) is 0 Å². The summed E-state index contributed by atoms with van der Waals surface area (Å²) in [6.45, 7) is 2.40. The summed E-state index contributed by atoms with van der Waals surface area (Å²) in [5.74, 6) is 0.105. The molecule has 0 saturated carbocycles. The molecule has 1 aliphatic rings. The molecule has 0 bridgehead atoms. The minimum absolute atomic E-state index is 0.105. The average Bonchev–Trinajstić information content (AvgIpc) is 1.88. The SMILES string of the molecule is CCC1CC(=O)NCO1. The van der Waals surface area contributed by atoms with Crippen molar-refractivity contribution in [3.8, 4) is 0 Å². The van der Waals surface area contributed by atoms with E-state index in [2.05, 4.69) is 5.32 Å². The largest absolute Gasteiger partial charge is 0.358 e. The second-order valence-corrected chi connectivity index (χ2v) is 2.15. The lowest BCUT2D eigenvalue weighted by molar-refractivity contribution is -0.132. The van der Waals surface area contributed by atoms with Crippen LogP contribution in [0.3, 0.4) is 0 Å². The predicted octanol–water partition coefficient (Wildman–Crippen LogP) is 0.259. The smallest absolute Gasteiger partial charge is 0.224 e. The first-order chi connectivity index (χ1) is 4.33. The molecule has 1 heterocycles. The molecule has 1 rings (SSSR count). The maximum absolute atomic E-state index is 10.6. The van der Waals surface area contributed by atoms with Gasteiger partial charge in [0.2, 0.25) is 5.91 Å². The monoisotopic (exact) mass is 129 g/mol. The number of amides is 1. The fourth-order valence-corrected chi connectivity index (χ4v) is 0.840. The Bertz CT molecular complexity index is 114. The van der Waals surface area contributed by atoms with E-state index in [4.69, 9.17) is 4.74 Å². The molecule has 0 aliphatic carbocycles. The molecule has 3 nitrogen and oxygen atoms in total. The van der Waals surface area contributed by atoms with Crippen LogP contribution in [0.25, 0.3) is 0 Å². The molecule has 52 valence electrons. The molecule has 1 unspecified atom stereocenters. The highest BCUT2D eigenvalue weighted by atomic mass is 16.5. The van der Waals surface area contributed by atoms with Gasteiger partial charge in [0.1, 0.15) is 6.73 Å². The summed E-state index contributed by atoms with van der Waals surface area (Å²) in [5, 5.41) is 2.59. The van der Waals surface area contributed by atoms with E-state index in [9.17, 15) is 4.79 Å². The molecular formula is C6H11NO2. The Morgan fingerprint density at radius 1 is 1.89 bits per heavy atom. The normalized spacial score (nSPS) is 27.7. The van der Waals surface area contributed by atoms with Crippen molar-refractivity contribution >= 4 is 5.91 Å². The van der Waals surface area contributed by atoms with E-state index in [0.717, 1.165) is 6.42 Å². The van der Waals surface area contributed by atoms with Gasteiger partial charge >= 0.3 is 0 Å². The fraction of sp³-hybridized carbons (Fsp3) is 0.833. The van der Waals surface area contributed by atoms with Crippen molar-refractivity contribution in [1.29, 1.82) is 0 Å². The van der Waals surface area contributed by atoms with E-state index in [1.807, 2.05) is 6.92 Å². The molecule has 1 saturated heterocycles. The van der Waals surface area contributed by atoms with Gasteiger partial charge in [0.25, 0.3) is 0 Å². The number of nitrogens with one attached hydrogen (secondary N) is 1. The number of carbonyl (C=O) groups excluding carboxylic acids is 1. The van der Waals surface area contributed by atoms with E-state index in [0.29, 0.717) is 13.2 Å². The average molecular weight is 129 g/mol. The molecule has 0 aromatic rings. The molecule has 1 atom stereocenters. The summed E-state index contributed by atoms with van der Waals surface area (Å²) in [6.07, 6.45) is 1.60. The van der Waals surface area contributed by atoms with Gasteiger partial charge < -0.3 is 10.1 Å². The topological polar surface area (TPSA) is 38.3 Å². The van der Waals surface area contributed by atoms with Gasteiger partial charge in [-0.2, -0.15) is 0 Å². The molecule has 1 aliphatic heterocycles. The molecule has 1 amide bonds. The van der Waals surface area contributed by atoms with E-state index < -0.39 is 0 Å². The maximum Gasteiger partial charge on any atom is 0.224 e. The molecule has 3 heteroatoms. The highest BCUT2D eigenvalue weighted by molar-refractivity contribution is 5.76. The number of rotatable bonds is 1. The number of hydrogen-bond donors (Lipinski definition) is 1. The van der Waals surface area contributed by atoms with Crippen LogP contribution in [0.2, 0.25) is 0 Å². The van der Waals surface area contributed by atoms with Gasteiger partial charge in [-0.1, -0.05) is 6.92 Å². The third-order valence-corrected chi connectivity index (χ3v) is 1.46. The van der Waals surface area contributed by atoms with Gasteiger partial charge in [-0.25, -0.2) is 0 Å². The lowest BCUT2D eigenvalue weighted by Gasteiger charge is -2.20. The summed E-state index contributed by atoms with van der Waals surface area (Å²) in [5.41, 5.74) is 0. The van der Waals surface area contributed by atoms with Crippen LogP contribution in [0.1, 0.15) is 19.8 Å². The van der Waals surface area contributed by atoms with E-state index in [1.165, 1.54) is 0 Å². The van der Waals surface area contributed by atoms with Crippen molar-refractivity contribution in [2.75, 3.05) is 6.73 Å². The van der Waals surface area contributed by atoms with Gasteiger partial charge in [-0.15, -0.1) is 0 Å². The van der Waals surface area contributed by atoms with Gasteiger partial charge in [-0.05, 0) is 6.42 Å². The summed E-state index contributed by atoms with van der Waals surface area (Å²) in [7, 11) is 0. The van der Waals surface area contributed by atoms with Crippen LogP contribution in [0.5, 0.6) is 0 Å². The summed E-state index contributed by atoms with van der Waals surface area (Å²) >= 11 is 0. The van der Waals surface area contributed by atoms with Crippen molar-refractivity contribution in [3.63, 3.8) is 0 Å². The van der Waals surface area contributed by atoms with E-state index >= 15 is 0 Å². The van der Waals surface area contributed by atoms with E-state index in [1.54, 1.807) is 0 Å². The zero-order valence-corrected chi connectivity index (χ0v) is 5.52. The van der Waals surface area contributed by atoms with Crippen molar-refractivity contribution in [1.82, 2.24) is 5.32 Å². The van der Waals surface area contributed by atoms with Crippen LogP contribution in [-0.4, -0.2) is 18.7 Å². The third-order valence-electron chi connectivity index (χ3n) is 1.46. The highest BCUT2D eigenvalue weighted by Crippen LogP contribution is 2.05. The molecule has 9 heavy (non-hydrogen) atoms. The molecule has 1 fully saturated rings. The summed E-state index contributed by atoms with van der Waals surface area (Å²) < 4.78 is 5.17. The van der Waals surface area contributed by atoms with Crippen molar-refractivity contribution in [3.05, 3.63) is 0 Å². The molecule has 0 radical (unpaired) electrons. The lowest BCUT2D eigenvalue weighted by atomic mass is 10.2. The zero-order chi connectivity index (χ0) is 6.69. The quantitative estimate of drug-likeness (QED) is 0.551. The minimum atomic E-state index is 0.105. The Hall–Kier alpha value is -0.570. The Labute approximate surface area is 54.4 Å². The molecular weight excluding hydrogens is 118 g/mol. The predicted molar refractivity (Wildman–Crippen MR) is 32.8 cm³/mol. The Kier molecular flexibility index (Phi) is 2.05. The number of ether oxygens (including phenoxy) is 1. The molecule has 0 aromatic heterocycles. The standard InChI is InChI=1S/C6H11NO2/c1-2-5-3-6(8)7-4-9-5/h5H,2-4H2,1H3,(H,7,8). The van der Waals surface area contributed by atoms with Crippen LogP contribution < -0.4 is 5.32 Å². The maximum atomic E-state index is 10.6. The first-order valence-electron chi connectivity index (χ1n) is 3.21. The summed E-state index contributed by atoms with van der Waals surface area (Å²) in [6, 6.07) is 0. The van der Waals surface area contributed by atoms with Gasteiger partial charge in [0, 0.05) is 0 Å². The molecule has 1 N–H and O–H groups in total. The van der Waals surface area contributed by atoms with Gasteiger partial charge in [0.05, 0.1) is 12.5 Å². The fourth-order valence-electron chi connectivity index (χ4n) is 0.840. The third kappa shape index (κ3) is 1.68. The zero-order valence-electron chi connectivity index (χ0n) is 5.52. The Morgan fingerprint density at radius 2 is 2.67 bits per heavy atom. The van der Waals surface area contributed by atoms with Crippen LogP contribution in [0.4, 0.5) is 0 Å². The Morgan fingerprint density at radius 3 is 3.11 bits per heavy atom. The molecule has 0 spiro atoms. The van der Waals surface area contributed by atoms with Gasteiger partial charge in [-0.3, -0.25) is 4.79 Å². The summed E-state index contributed by atoms with van der Waals surface area (Å²) in [4.78, 5) is 10.6. The first-order valence-corrected chi connectivity index (χ1v) is 3.21. The number of hydrogen-bond acceptors (Lipinski definition) is 2. The molecule has 0 aromatic carbocycles. The van der Waals surface area contributed by atoms with Crippen molar-refractivity contribution in [2.24, 2.45) is 0 Å². The second kappa shape index (κ2) is 2.82. The Balaban J connectivity index is 2.32.